The van der Waals surface area contributed by atoms with Crippen molar-refractivity contribution < 1.29 is 9.31 Å². The lowest BCUT2D eigenvalue weighted by molar-refractivity contribution is -0.387. The van der Waals surface area contributed by atoms with Gasteiger partial charge in [-0.1, -0.05) is 6.07 Å². The van der Waals surface area contributed by atoms with E-state index in [0.717, 1.165) is 17.1 Å². The van der Waals surface area contributed by atoms with E-state index in [-0.39, 0.29) is 11.5 Å². The lowest BCUT2D eigenvalue weighted by atomic mass is 10.2. The van der Waals surface area contributed by atoms with Crippen molar-refractivity contribution in [3.05, 3.63) is 46.3 Å². The summed E-state index contributed by atoms with van der Waals surface area (Å²) in [4.78, 5) is 13.5. The minimum Gasteiger partial charge on any atom is -0.258 e. The van der Waals surface area contributed by atoms with E-state index in [0.29, 0.717) is 0 Å². The molecular weight excluding hydrogens is 229 g/mol. The van der Waals surface area contributed by atoms with Gasteiger partial charge in [0, 0.05) is 0 Å². The minimum atomic E-state index is -0.971. The third-order valence-electron chi connectivity index (χ3n) is 1.99. The number of nitrogens with zero attached hydrogens (tertiary/aromatic N) is 5. The summed E-state index contributed by atoms with van der Waals surface area (Å²) in [5.74, 6) is -1.12. The number of rotatable bonds is 2. The van der Waals surface area contributed by atoms with Crippen LogP contribution in [-0.2, 0) is 0 Å². The minimum absolute atomic E-state index is 0.0796. The molecule has 1 heterocycles. The van der Waals surface area contributed by atoms with E-state index in [9.17, 15) is 14.5 Å². The van der Waals surface area contributed by atoms with Gasteiger partial charge in [-0.2, -0.15) is 9.65 Å². The molecule has 2 rings (SSSR count). The number of halogens is 1. The standard InChI is InChI=1S/C9H4FN5O2/c10-6-2-1-3-7(9(6)15(16)17)14-5-12-8(4-11)13-14/h1-3,5H. The zero-order valence-electron chi connectivity index (χ0n) is 8.24. The number of aromatic nitrogens is 3. The molecular formula is C9H4FN5O2. The molecule has 0 aliphatic carbocycles. The van der Waals surface area contributed by atoms with Gasteiger partial charge in [0.25, 0.3) is 5.82 Å². The number of nitro groups is 1. The van der Waals surface area contributed by atoms with Crippen molar-refractivity contribution in [2.45, 2.75) is 0 Å². The van der Waals surface area contributed by atoms with Crippen molar-refractivity contribution in [2.24, 2.45) is 0 Å². The fourth-order valence-electron chi connectivity index (χ4n) is 1.30. The Morgan fingerprint density at radius 1 is 1.53 bits per heavy atom. The molecule has 0 atom stereocenters. The lowest BCUT2D eigenvalue weighted by Gasteiger charge is -2.01. The monoisotopic (exact) mass is 233 g/mol. The van der Waals surface area contributed by atoms with Gasteiger partial charge in [0.15, 0.2) is 0 Å². The fraction of sp³-hybridized carbons (Fsp3) is 0. The van der Waals surface area contributed by atoms with E-state index in [1.54, 1.807) is 6.07 Å². The first-order valence-electron chi connectivity index (χ1n) is 4.38. The second kappa shape index (κ2) is 3.97. The number of hydrogen-bond donors (Lipinski definition) is 0. The highest BCUT2D eigenvalue weighted by molar-refractivity contribution is 5.52. The van der Waals surface area contributed by atoms with Crippen LogP contribution in [0.1, 0.15) is 5.82 Å². The van der Waals surface area contributed by atoms with Gasteiger partial charge in [-0.15, -0.1) is 5.10 Å². The maximum Gasteiger partial charge on any atom is 0.330 e. The number of hydrogen-bond acceptors (Lipinski definition) is 5. The summed E-state index contributed by atoms with van der Waals surface area (Å²) < 4.78 is 14.3. The van der Waals surface area contributed by atoms with Crippen molar-refractivity contribution in [3.63, 3.8) is 0 Å². The molecule has 2 aromatic rings. The van der Waals surface area contributed by atoms with E-state index < -0.39 is 16.4 Å². The Labute approximate surface area is 93.9 Å². The Morgan fingerprint density at radius 3 is 2.88 bits per heavy atom. The van der Waals surface area contributed by atoms with Crippen LogP contribution >= 0.6 is 0 Å². The van der Waals surface area contributed by atoms with Gasteiger partial charge in [-0.3, -0.25) is 10.1 Å². The van der Waals surface area contributed by atoms with Crippen LogP contribution in [0.2, 0.25) is 0 Å². The highest BCUT2D eigenvalue weighted by Crippen LogP contribution is 2.24. The zero-order valence-corrected chi connectivity index (χ0v) is 8.24. The van der Waals surface area contributed by atoms with E-state index in [1.807, 2.05) is 0 Å². The Kier molecular flexibility index (Phi) is 2.50. The Hall–Kier alpha value is -2.82. The smallest absolute Gasteiger partial charge is 0.258 e. The quantitative estimate of drug-likeness (QED) is 0.573. The highest BCUT2D eigenvalue weighted by Gasteiger charge is 2.21. The van der Waals surface area contributed by atoms with Crippen molar-refractivity contribution in [1.82, 2.24) is 14.8 Å². The molecule has 0 aliphatic heterocycles. The third kappa shape index (κ3) is 1.81. The summed E-state index contributed by atoms with van der Waals surface area (Å²) in [7, 11) is 0. The number of nitro benzene ring substituents is 1. The molecule has 0 fully saturated rings. The van der Waals surface area contributed by atoms with E-state index in [4.69, 9.17) is 5.26 Å². The van der Waals surface area contributed by atoms with Gasteiger partial charge < -0.3 is 0 Å². The predicted molar refractivity (Wildman–Crippen MR) is 52.7 cm³/mol. The molecule has 0 radical (unpaired) electrons. The van der Waals surface area contributed by atoms with Crippen LogP contribution < -0.4 is 0 Å². The Morgan fingerprint density at radius 2 is 2.29 bits per heavy atom. The first-order chi connectivity index (χ1) is 8.13. The number of nitriles is 1. The van der Waals surface area contributed by atoms with Gasteiger partial charge in [-0.25, -0.2) is 9.67 Å². The van der Waals surface area contributed by atoms with Crippen LogP contribution in [0.4, 0.5) is 10.1 Å². The first kappa shape index (κ1) is 10.7. The SMILES string of the molecule is N#Cc1ncn(-c2cccc(F)c2[N+](=O)[O-])n1. The second-order valence-corrected chi connectivity index (χ2v) is 2.99. The summed E-state index contributed by atoms with van der Waals surface area (Å²) in [5.41, 5.74) is -0.786. The zero-order chi connectivity index (χ0) is 12.4. The second-order valence-electron chi connectivity index (χ2n) is 2.99. The maximum absolute atomic E-state index is 13.3. The number of para-hydroxylation sites is 1. The van der Waals surface area contributed by atoms with Gasteiger partial charge in [-0.05, 0) is 12.1 Å². The Bertz CT molecular complexity index is 631. The molecule has 0 amide bonds. The molecule has 7 nitrogen and oxygen atoms in total. The molecule has 0 bridgehead atoms. The normalized spacial score (nSPS) is 9.88. The van der Waals surface area contributed by atoms with Crippen LogP contribution in [-0.4, -0.2) is 19.7 Å². The van der Waals surface area contributed by atoms with Gasteiger partial charge in [0.05, 0.1) is 4.92 Å². The van der Waals surface area contributed by atoms with Gasteiger partial charge in [0.1, 0.15) is 18.1 Å². The Balaban J connectivity index is 2.63. The summed E-state index contributed by atoms with van der Waals surface area (Å²) in [6.45, 7) is 0. The van der Waals surface area contributed by atoms with Gasteiger partial charge in [0.2, 0.25) is 5.82 Å². The molecule has 0 unspecified atom stereocenters. The molecule has 0 N–H and O–H groups in total. The molecule has 84 valence electrons. The molecule has 0 aliphatic rings. The van der Waals surface area contributed by atoms with E-state index in [1.165, 1.54) is 12.1 Å². The van der Waals surface area contributed by atoms with Crippen LogP contribution in [0, 0.1) is 27.3 Å². The molecule has 0 saturated carbocycles. The maximum atomic E-state index is 13.3. The average Bonchev–Trinajstić information content (AvgIpc) is 2.76. The van der Waals surface area contributed by atoms with Crippen LogP contribution in [0.5, 0.6) is 0 Å². The topological polar surface area (TPSA) is 97.6 Å². The molecule has 17 heavy (non-hydrogen) atoms. The molecule has 1 aromatic carbocycles. The summed E-state index contributed by atoms with van der Waals surface area (Å²) in [6, 6.07) is 5.28. The molecule has 0 saturated heterocycles. The largest absolute Gasteiger partial charge is 0.330 e. The van der Waals surface area contributed by atoms with Gasteiger partial charge >= 0.3 is 5.69 Å². The third-order valence-corrected chi connectivity index (χ3v) is 1.99. The predicted octanol–water partition coefficient (Wildman–Crippen LogP) is 1.19. The average molecular weight is 233 g/mol. The lowest BCUT2D eigenvalue weighted by Crippen LogP contribution is -2.03. The number of benzene rings is 1. The van der Waals surface area contributed by atoms with Crippen LogP contribution in [0.25, 0.3) is 5.69 Å². The molecule has 0 spiro atoms. The summed E-state index contributed by atoms with van der Waals surface area (Å²) in [5, 5.41) is 22.9. The van der Waals surface area contributed by atoms with Crippen molar-refractivity contribution >= 4 is 5.69 Å². The van der Waals surface area contributed by atoms with Crippen LogP contribution in [0.15, 0.2) is 24.5 Å². The van der Waals surface area contributed by atoms with Crippen molar-refractivity contribution in [2.75, 3.05) is 0 Å². The van der Waals surface area contributed by atoms with Crippen molar-refractivity contribution in [1.29, 1.82) is 5.26 Å². The van der Waals surface area contributed by atoms with E-state index >= 15 is 0 Å². The van der Waals surface area contributed by atoms with Crippen molar-refractivity contribution in [3.8, 4) is 11.8 Å². The fourth-order valence-corrected chi connectivity index (χ4v) is 1.30. The summed E-state index contributed by atoms with van der Waals surface area (Å²) in [6.07, 6.45) is 1.11. The van der Waals surface area contributed by atoms with E-state index in [2.05, 4.69) is 10.1 Å². The first-order valence-corrected chi connectivity index (χ1v) is 4.38. The summed E-state index contributed by atoms with van der Waals surface area (Å²) >= 11 is 0. The molecule has 1 aromatic heterocycles. The van der Waals surface area contributed by atoms with Crippen LogP contribution in [0.3, 0.4) is 0 Å². The molecule has 8 heteroatoms. The highest BCUT2D eigenvalue weighted by atomic mass is 19.1.